The van der Waals surface area contributed by atoms with Crippen LogP contribution in [0.2, 0.25) is 0 Å². The second-order valence-electron chi connectivity index (χ2n) is 3.53. The van der Waals surface area contributed by atoms with Gasteiger partial charge in [0.1, 0.15) is 4.99 Å². The van der Waals surface area contributed by atoms with Crippen molar-refractivity contribution in [3.8, 4) is 0 Å². The van der Waals surface area contributed by atoms with E-state index in [-0.39, 0.29) is 16.9 Å². The van der Waals surface area contributed by atoms with Crippen LogP contribution in [0.15, 0.2) is 24.5 Å². The van der Waals surface area contributed by atoms with Crippen LogP contribution in [0.3, 0.4) is 0 Å². The Balaban J connectivity index is 2.67. The van der Waals surface area contributed by atoms with Crippen molar-refractivity contribution in [1.29, 1.82) is 0 Å². The molecule has 0 unspecified atom stereocenters. The number of nitrogens with zero attached hydrogens (tertiary/aromatic N) is 1. The summed E-state index contributed by atoms with van der Waals surface area (Å²) in [6, 6.07) is 2.99. The summed E-state index contributed by atoms with van der Waals surface area (Å²) in [6.07, 6.45) is 4.59. The maximum atomic E-state index is 11.8. The largest absolute Gasteiger partial charge is 0.343 e. The standard InChI is InChI=1S/C11H15N3O2S/c1-2-4-9(11(17)14-16)13-10(15)8-5-3-6-12-7-8/h3,5-7,9,16H,2,4H2,1H3,(H,13,15)(H,14,17)/t9-/m1/s1. The van der Waals surface area contributed by atoms with Gasteiger partial charge in [0.25, 0.3) is 5.91 Å². The maximum Gasteiger partial charge on any atom is 0.253 e. The first kappa shape index (κ1) is 13.5. The average molecular weight is 253 g/mol. The van der Waals surface area contributed by atoms with Crippen LogP contribution in [0.25, 0.3) is 0 Å². The first-order valence-electron chi connectivity index (χ1n) is 5.33. The Labute approximate surface area is 105 Å². The second kappa shape index (κ2) is 6.93. The molecule has 0 aromatic carbocycles. The molecule has 0 aliphatic rings. The third-order valence-corrected chi connectivity index (χ3v) is 2.61. The maximum absolute atomic E-state index is 11.8. The number of nitrogens with one attached hydrogen (secondary N) is 2. The van der Waals surface area contributed by atoms with Gasteiger partial charge in [-0.15, -0.1) is 0 Å². The van der Waals surface area contributed by atoms with Crippen molar-refractivity contribution in [2.24, 2.45) is 0 Å². The quantitative estimate of drug-likeness (QED) is 0.544. The van der Waals surface area contributed by atoms with Gasteiger partial charge in [-0.1, -0.05) is 25.6 Å². The predicted molar refractivity (Wildman–Crippen MR) is 67.9 cm³/mol. The Kier molecular flexibility index (Phi) is 5.51. The van der Waals surface area contributed by atoms with Gasteiger partial charge in [-0.3, -0.25) is 20.5 Å². The van der Waals surface area contributed by atoms with Gasteiger partial charge in [-0.2, -0.15) is 0 Å². The summed E-state index contributed by atoms with van der Waals surface area (Å²) in [4.78, 5) is 15.9. The smallest absolute Gasteiger partial charge is 0.253 e. The van der Waals surface area contributed by atoms with Crippen molar-refractivity contribution in [3.63, 3.8) is 0 Å². The van der Waals surface area contributed by atoms with E-state index in [4.69, 9.17) is 17.4 Å². The van der Waals surface area contributed by atoms with Crippen LogP contribution >= 0.6 is 12.2 Å². The first-order valence-corrected chi connectivity index (χ1v) is 5.74. The lowest BCUT2D eigenvalue weighted by molar-refractivity contribution is 0.0943. The summed E-state index contributed by atoms with van der Waals surface area (Å²) in [5.41, 5.74) is 2.37. The van der Waals surface area contributed by atoms with E-state index >= 15 is 0 Å². The van der Waals surface area contributed by atoms with Crippen LogP contribution in [0.4, 0.5) is 0 Å². The molecule has 6 heteroatoms. The zero-order valence-electron chi connectivity index (χ0n) is 9.51. The van der Waals surface area contributed by atoms with Gasteiger partial charge in [0.15, 0.2) is 0 Å². The first-order chi connectivity index (χ1) is 8.19. The summed E-state index contributed by atoms with van der Waals surface area (Å²) >= 11 is 4.92. The minimum Gasteiger partial charge on any atom is -0.343 e. The van der Waals surface area contributed by atoms with Gasteiger partial charge in [0.2, 0.25) is 0 Å². The van der Waals surface area contributed by atoms with E-state index in [0.717, 1.165) is 6.42 Å². The minimum atomic E-state index is -0.368. The molecule has 92 valence electrons. The van der Waals surface area contributed by atoms with Crippen LogP contribution in [-0.2, 0) is 0 Å². The normalized spacial score (nSPS) is 11.6. The Morgan fingerprint density at radius 2 is 2.41 bits per heavy atom. The Morgan fingerprint density at radius 3 is 2.94 bits per heavy atom. The highest BCUT2D eigenvalue weighted by atomic mass is 32.1. The molecule has 0 saturated carbocycles. The number of amides is 1. The van der Waals surface area contributed by atoms with Gasteiger partial charge in [0.05, 0.1) is 11.6 Å². The number of hydroxylamine groups is 1. The molecule has 0 spiro atoms. The van der Waals surface area contributed by atoms with Crippen molar-refractivity contribution in [1.82, 2.24) is 15.8 Å². The lowest BCUT2D eigenvalue weighted by Crippen LogP contribution is -2.44. The lowest BCUT2D eigenvalue weighted by atomic mass is 10.1. The van der Waals surface area contributed by atoms with Crippen LogP contribution in [0.5, 0.6) is 0 Å². The fourth-order valence-corrected chi connectivity index (χ4v) is 1.55. The van der Waals surface area contributed by atoms with E-state index < -0.39 is 0 Å². The van der Waals surface area contributed by atoms with Crippen LogP contribution in [-0.4, -0.2) is 27.1 Å². The summed E-state index contributed by atoms with van der Waals surface area (Å²) in [5, 5.41) is 11.5. The number of carbonyl (C=O) groups excluding carboxylic acids is 1. The van der Waals surface area contributed by atoms with Gasteiger partial charge in [-0.25, -0.2) is 0 Å². The molecule has 1 rings (SSSR count). The Bertz CT molecular complexity index is 384. The van der Waals surface area contributed by atoms with Gasteiger partial charge < -0.3 is 5.32 Å². The van der Waals surface area contributed by atoms with E-state index in [1.807, 2.05) is 12.4 Å². The van der Waals surface area contributed by atoms with Gasteiger partial charge in [0, 0.05) is 12.4 Å². The topological polar surface area (TPSA) is 74.2 Å². The average Bonchev–Trinajstić information content (AvgIpc) is 2.38. The molecule has 0 aliphatic heterocycles. The Morgan fingerprint density at radius 1 is 1.65 bits per heavy atom. The summed E-state index contributed by atoms with van der Waals surface area (Å²) in [6.45, 7) is 1.98. The fourth-order valence-electron chi connectivity index (χ4n) is 1.37. The number of rotatable bonds is 5. The van der Waals surface area contributed by atoms with Crippen molar-refractivity contribution in [2.75, 3.05) is 0 Å². The number of pyridine rings is 1. The SMILES string of the molecule is CCC[C@@H](NC(=O)c1cccnc1)C(=S)NO. The zero-order chi connectivity index (χ0) is 12.7. The molecule has 0 fully saturated rings. The molecule has 1 aromatic rings. The third kappa shape index (κ3) is 4.08. The molecular formula is C11H15N3O2S. The molecule has 0 saturated heterocycles. The molecule has 17 heavy (non-hydrogen) atoms. The number of hydrogen-bond acceptors (Lipinski definition) is 4. The molecule has 0 bridgehead atoms. The second-order valence-corrected chi connectivity index (χ2v) is 3.97. The molecule has 5 nitrogen and oxygen atoms in total. The van der Waals surface area contributed by atoms with Crippen molar-refractivity contribution in [3.05, 3.63) is 30.1 Å². The van der Waals surface area contributed by atoms with E-state index in [1.54, 1.807) is 18.3 Å². The van der Waals surface area contributed by atoms with Crippen molar-refractivity contribution >= 4 is 23.1 Å². The van der Waals surface area contributed by atoms with Crippen LogP contribution in [0.1, 0.15) is 30.1 Å². The van der Waals surface area contributed by atoms with E-state index in [1.165, 1.54) is 6.20 Å². The number of carbonyl (C=O) groups is 1. The Hall–Kier alpha value is -1.53. The molecule has 0 aliphatic carbocycles. The highest BCUT2D eigenvalue weighted by Gasteiger charge is 2.16. The third-order valence-electron chi connectivity index (χ3n) is 2.23. The highest BCUT2D eigenvalue weighted by molar-refractivity contribution is 7.80. The highest BCUT2D eigenvalue weighted by Crippen LogP contribution is 2.02. The van der Waals surface area contributed by atoms with Crippen LogP contribution < -0.4 is 10.8 Å². The number of aromatic nitrogens is 1. The number of thiocarbonyl (C=S) groups is 1. The minimum absolute atomic E-state index is 0.212. The lowest BCUT2D eigenvalue weighted by Gasteiger charge is -2.18. The van der Waals surface area contributed by atoms with Gasteiger partial charge in [-0.05, 0) is 18.6 Å². The zero-order valence-corrected chi connectivity index (χ0v) is 10.3. The van der Waals surface area contributed by atoms with Crippen molar-refractivity contribution in [2.45, 2.75) is 25.8 Å². The molecule has 1 atom stereocenters. The molecular weight excluding hydrogens is 238 g/mol. The van der Waals surface area contributed by atoms with E-state index in [2.05, 4.69) is 10.3 Å². The summed E-state index contributed by atoms with van der Waals surface area (Å²) in [5.74, 6) is -0.255. The fraction of sp³-hybridized carbons (Fsp3) is 0.364. The molecule has 1 amide bonds. The molecule has 1 aromatic heterocycles. The predicted octanol–water partition coefficient (Wildman–Crippen LogP) is 1.29. The van der Waals surface area contributed by atoms with Crippen molar-refractivity contribution < 1.29 is 10.0 Å². The summed E-state index contributed by atoms with van der Waals surface area (Å²) in [7, 11) is 0. The summed E-state index contributed by atoms with van der Waals surface area (Å²) < 4.78 is 0. The number of hydrogen-bond donors (Lipinski definition) is 3. The van der Waals surface area contributed by atoms with Crippen LogP contribution in [0, 0.1) is 0 Å². The molecule has 3 N–H and O–H groups in total. The van der Waals surface area contributed by atoms with Gasteiger partial charge >= 0.3 is 0 Å². The van der Waals surface area contributed by atoms with E-state index in [9.17, 15) is 4.79 Å². The molecule has 1 heterocycles. The monoisotopic (exact) mass is 253 g/mol. The molecule has 0 radical (unpaired) electrons. The van der Waals surface area contributed by atoms with E-state index in [0.29, 0.717) is 12.0 Å².